The SMILES string of the molecule is CSc1cccc(NS(=O)(=O)c2cc3c(s2)CCN(C(=O)C2CC2)C3)c1. The number of nitrogens with one attached hydrogen (secondary N) is 1. The van der Waals surface area contributed by atoms with Crippen molar-refractivity contribution in [3.05, 3.63) is 40.8 Å². The van der Waals surface area contributed by atoms with Gasteiger partial charge in [-0.3, -0.25) is 9.52 Å². The van der Waals surface area contributed by atoms with Crippen LogP contribution < -0.4 is 4.72 Å². The number of carbonyl (C=O) groups excluding carboxylic acids is 1. The second-order valence-electron chi connectivity index (χ2n) is 6.64. The standard InChI is InChI=1S/C18H20N2O3S3/c1-24-15-4-2-3-14(10-15)19-26(22,23)17-9-13-11-20(8-7-16(13)25-17)18(21)12-5-6-12/h2-4,9-10,12,19H,5-8,11H2,1H3. The van der Waals surface area contributed by atoms with Crippen molar-refractivity contribution in [1.29, 1.82) is 0 Å². The van der Waals surface area contributed by atoms with E-state index in [1.807, 2.05) is 29.4 Å². The van der Waals surface area contributed by atoms with Crippen molar-refractivity contribution in [3.8, 4) is 0 Å². The molecule has 0 spiro atoms. The quantitative estimate of drug-likeness (QED) is 0.768. The molecule has 1 aliphatic heterocycles. The van der Waals surface area contributed by atoms with Gasteiger partial charge in [0.05, 0.1) is 0 Å². The highest BCUT2D eigenvalue weighted by Crippen LogP contribution is 2.36. The van der Waals surface area contributed by atoms with Crippen LogP contribution in [0.2, 0.25) is 0 Å². The highest BCUT2D eigenvalue weighted by atomic mass is 32.2. The van der Waals surface area contributed by atoms with E-state index >= 15 is 0 Å². The Kier molecular flexibility index (Phi) is 4.75. The van der Waals surface area contributed by atoms with Crippen LogP contribution >= 0.6 is 23.1 Å². The van der Waals surface area contributed by atoms with Gasteiger partial charge in [0, 0.05) is 34.5 Å². The maximum absolute atomic E-state index is 12.8. The highest BCUT2D eigenvalue weighted by molar-refractivity contribution is 7.98. The molecular formula is C18H20N2O3S3. The number of hydrogen-bond acceptors (Lipinski definition) is 5. The van der Waals surface area contributed by atoms with E-state index in [0.717, 1.165) is 34.6 Å². The molecule has 4 rings (SSSR count). The second kappa shape index (κ2) is 6.90. The molecule has 1 fully saturated rings. The first-order valence-electron chi connectivity index (χ1n) is 8.53. The van der Waals surface area contributed by atoms with Gasteiger partial charge in [0.15, 0.2) is 0 Å². The van der Waals surface area contributed by atoms with Gasteiger partial charge in [-0.05, 0) is 55.3 Å². The summed E-state index contributed by atoms with van der Waals surface area (Å²) in [6.45, 7) is 1.21. The average Bonchev–Trinajstić information content (AvgIpc) is 3.38. The Hall–Kier alpha value is -1.51. The van der Waals surface area contributed by atoms with E-state index < -0.39 is 10.0 Å². The van der Waals surface area contributed by atoms with Gasteiger partial charge < -0.3 is 4.90 Å². The summed E-state index contributed by atoms with van der Waals surface area (Å²) in [4.78, 5) is 16.2. The first-order valence-corrected chi connectivity index (χ1v) is 12.1. The van der Waals surface area contributed by atoms with Crippen LogP contribution in [0, 0.1) is 5.92 Å². The number of sulfonamides is 1. The third kappa shape index (κ3) is 3.63. The molecule has 0 unspecified atom stereocenters. The maximum atomic E-state index is 12.8. The smallest absolute Gasteiger partial charge is 0.271 e. The summed E-state index contributed by atoms with van der Waals surface area (Å²) < 4.78 is 28.5. The summed E-state index contributed by atoms with van der Waals surface area (Å²) >= 11 is 2.88. The van der Waals surface area contributed by atoms with Crippen LogP contribution in [0.15, 0.2) is 39.4 Å². The molecule has 138 valence electrons. The zero-order chi connectivity index (χ0) is 18.3. The lowest BCUT2D eigenvalue weighted by Crippen LogP contribution is -2.36. The highest BCUT2D eigenvalue weighted by Gasteiger charge is 2.35. The number of fused-ring (bicyclic) bond motifs is 1. The molecule has 2 aromatic rings. The van der Waals surface area contributed by atoms with Gasteiger partial charge in [-0.15, -0.1) is 23.1 Å². The molecule has 1 saturated carbocycles. The minimum Gasteiger partial charge on any atom is -0.338 e. The Morgan fingerprint density at radius 2 is 2.12 bits per heavy atom. The fourth-order valence-corrected chi connectivity index (χ4v) is 6.16. The number of rotatable bonds is 5. The number of amides is 1. The third-order valence-corrected chi connectivity index (χ3v) is 8.49. The number of hydrogen-bond donors (Lipinski definition) is 1. The Bertz CT molecular complexity index is 948. The maximum Gasteiger partial charge on any atom is 0.271 e. The van der Waals surface area contributed by atoms with Gasteiger partial charge in [-0.2, -0.15) is 0 Å². The molecule has 26 heavy (non-hydrogen) atoms. The van der Waals surface area contributed by atoms with E-state index in [1.54, 1.807) is 23.9 Å². The van der Waals surface area contributed by atoms with Crippen molar-refractivity contribution in [1.82, 2.24) is 4.90 Å². The number of carbonyl (C=O) groups is 1. The van der Waals surface area contributed by atoms with Gasteiger partial charge in [-0.25, -0.2) is 8.42 Å². The van der Waals surface area contributed by atoms with E-state index in [2.05, 4.69) is 4.72 Å². The van der Waals surface area contributed by atoms with Crippen LogP contribution in [-0.2, 0) is 27.8 Å². The van der Waals surface area contributed by atoms with Crippen LogP contribution in [0.3, 0.4) is 0 Å². The first kappa shape index (κ1) is 17.9. The number of anilines is 1. The van der Waals surface area contributed by atoms with E-state index in [1.165, 1.54) is 11.3 Å². The summed E-state index contributed by atoms with van der Waals surface area (Å²) in [5.74, 6) is 0.419. The normalized spacial score (nSPS) is 17.0. The fourth-order valence-electron chi connectivity index (χ4n) is 3.11. The molecule has 0 atom stereocenters. The summed E-state index contributed by atoms with van der Waals surface area (Å²) in [5.41, 5.74) is 1.53. The molecule has 0 saturated heterocycles. The van der Waals surface area contributed by atoms with Crippen molar-refractivity contribution in [2.24, 2.45) is 5.92 Å². The van der Waals surface area contributed by atoms with E-state index in [0.29, 0.717) is 23.0 Å². The van der Waals surface area contributed by atoms with Crippen LogP contribution in [-0.4, -0.2) is 32.0 Å². The molecule has 8 heteroatoms. The van der Waals surface area contributed by atoms with E-state index in [9.17, 15) is 13.2 Å². The molecule has 1 amide bonds. The van der Waals surface area contributed by atoms with Crippen LogP contribution in [0.1, 0.15) is 23.3 Å². The Morgan fingerprint density at radius 3 is 2.85 bits per heavy atom. The summed E-state index contributed by atoms with van der Waals surface area (Å²) in [6.07, 6.45) is 4.67. The van der Waals surface area contributed by atoms with Crippen molar-refractivity contribution < 1.29 is 13.2 Å². The number of thioether (sulfide) groups is 1. The molecule has 0 radical (unpaired) electrons. The lowest BCUT2D eigenvalue weighted by atomic mass is 10.1. The fraction of sp³-hybridized carbons (Fsp3) is 0.389. The molecule has 5 nitrogen and oxygen atoms in total. The minimum atomic E-state index is -3.62. The van der Waals surface area contributed by atoms with E-state index in [4.69, 9.17) is 0 Å². The van der Waals surface area contributed by atoms with Gasteiger partial charge in [0.2, 0.25) is 5.91 Å². The number of nitrogens with zero attached hydrogens (tertiary/aromatic N) is 1. The molecule has 0 bridgehead atoms. The van der Waals surface area contributed by atoms with Gasteiger partial charge in [0.25, 0.3) is 10.0 Å². The zero-order valence-electron chi connectivity index (χ0n) is 14.4. The third-order valence-electron chi connectivity index (χ3n) is 4.67. The molecular weight excluding hydrogens is 388 g/mol. The number of benzene rings is 1. The van der Waals surface area contributed by atoms with Crippen LogP contribution in [0.4, 0.5) is 5.69 Å². The van der Waals surface area contributed by atoms with Crippen molar-refractivity contribution in [2.75, 3.05) is 17.5 Å². The summed E-state index contributed by atoms with van der Waals surface area (Å²) in [7, 11) is -3.62. The predicted octanol–water partition coefficient (Wildman–Crippen LogP) is 3.57. The van der Waals surface area contributed by atoms with Crippen LogP contribution in [0.25, 0.3) is 0 Å². The summed E-state index contributed by atoms with van der Waals surface area (Å²) in [5, 5.41) is 0. The van der Waals surface area contributed by atoms with Gasteiger partial charge >= 0.3 is 0 Å². The number of thiophene rings is 1. The second-order valence-corrected chi connectivity index (χ2v) is 10.6. The van der Waals surface area contributed by atoms with Crippen LogP contribution in [0.5, 0.6) is 0 Å². The molecule has 1 N–H and O–H groups in total. The molecule has 1 aromatic heterocycles. The minimum absolute atomic E-state index is 0.198. The topological polar surface area (TPSA) is 66.5 Å². The van der Waals surface area contributed by atoms with E-state index in [-0.39, 0.29) is 11.8 Å². The average molecular weight is 409 g/mol. The van der Waals surface area contributed by atoms with Gasteiger partial charge in [-0.1, -0.05) is 6.07 Å². The zero-order valence-corrected chi connectivity index (χ0v) is 16.8. The first-order chi connectivity index (χ1) is 12.5. The Labute approximate surface area is 161 Å². The lowest BCUT2D eigenvalue weighted by molar-refractivity contribution is -0.133. The largest absolute Gasteiger partial charge is 0.338 e. The molecule has 1 aliphatic carbocycles. The van der Waals surface area contributed by atoms with Crippen molar-refractivity contribution >= 4 is 44.7 Å². The van der Waals surface area contributed by atoms with Crippen molar-refractivity contribution in [2.45, 2.75) is 34.9 Å². The molecule has 2 heterocycles. The monoisotopic (exact) mass is 408 g/mol. The molecule has 2 aliphatic rings. The molecule has 1 aromatic carbocycles. The van der Waals surface area contributed by atoms with Crippen molar-refractivity contribution in [3.63, 3.8) is 0 Å². The Morgan fingerprint density at radius 1 is 1.31 bits per heavy atom. The Balaban J connectivity index is 1.53. The van der Waals surface area contributed by atoms with Gasteiger partial charge in [0.1, 0.15) is 4.21 Å². The lowest BCUT2D eigenvalue weighted by Gasteiger charge is -2.26. The predicted molar refractivity (Wildman–Crippen MR) is 105 cm³/mol. The summed E-state index contributed by atoms with van der Waals surface area (Å²) in [6, 6.07) is 9.09.